The summed E-state index contributed by atoms with van der Waals surface area (Å²) in [6, 6.07) is 2.00. The Balaban J connectivity index is 2.15. The molecule has 14 heavy (non-hydrogen) atoms. The minimum Gasteiger partial charge on any atom is -0.316 e. The fourth-order valence-corrected chi connectivity index (χ4v) is 2.64. The summed E-state index contributed by atoms with van der Waals surface area (Å²) in [4.78, 5) is 13.3. The van der Waals surface area contributed by atoms with Crippen LogP contribution in [0.2, 0.25) is 0 Å². The summed E-state index contributed by atoms with van der Waals surface area (Å²) in [7, 11) is 0. The molecule has 1 aromatic heterocycles. The van der Waals surface area contributed by atoms with Gasteiger partial charge >= 0.3 is 0 Å². The smallest absolute Gasteiger partial charge is 0.168 e. The lowest BCUT2D eigenvalue weighted by atomic mass is 9.91. The molecule has 0 aromatic carbocycles. The van der Waals surface area contributed by atoms with E-state index in [1.807, 2.05) is 18.4 Å². The molecular weight excluding hydrogens is 194 g/mol. The Bertz CT molecular complexity index is 345. The Hall–Kier alpha value is -0.670. The van der Waals surface area contributed by atoms with E-state index in [2.05, 4.69) is 12.2 Å². The summed E-state index contributed by atoms with van der Waals surface area (Å²) >= 11 is 1.65. The van der Waals surface area contributed by atoms with Gasteiger partial charge in [0.05, 0.1) is 0 Å². The first-order valence-electron chi connectivity index (χ1n) is 4.98. The molecule has 0 amide bonds. The highest BCUT2D eigenvalue weighted by atomic mass is 32.1. The maximum absolute atomic E-state index is 12.0. The van der Waals surface area contributed by atoms with Crippen molar-refractivity contribution in [2.24, 2.45) is 11.8 Å². The number of aryl methyl sites for hydroxylation is 1. The van der Waals surface area contributed by atoms with Gasteiger partial charge in [0.1, 0.15) is 0 Å². The van der Waals surface area contributed by atoms with Gasteiger partial charge in [-0.25, -0.2) is 0 Å². The summed E-state index contributed by atoms with van der Waals surface area (Å²) in [5, 5.41) is 5.24. The van der Waals surface area contributed by atoms with E-state index < -0.39 is 0 Å². The predicted molar refractivity (Wildman–Crippen MR) is 58.9 cm³/mol. The van der Waals surface area contributed by atoms with E-state index >= 15 is 0 Å². The van der Waals surface area contributed by atoms with Crippen LogP contribution in [-0.2, 0) is 0 Å². The Morgan fingerprint density at radius 2 is 2.36 bits per heavy atom. The molecule has 2 heterocycles. The third kappa shape index (κ3) is 1.74. The molecule has 1 saturated heterocycles. The molecular formula is C11H15NOS. The van der Waals surface area contributed by atoms with Crippen LogP contribution in [0.15, 0.2) is 11.4 Å². The highest BCUT2D eigenvalue weighted by molar-refractivity contribution is 7.10. The topological polar surface area (TPSA) is 29.1 Å². The lowest BCUT2D eigenvalue weighted by molar-refractivity contribution is 0.0908. The third-order valence-corrected chi connectivity index (χ3v) is 3.73. The molecule has 1 N–H and O–H groups in total. The van der Waals surface area contributed by atoms with Crippen LogP contribution in [-0.4, -0.2) is 18.9 Å². The quantitative estimate of drug-likeness (QED) is 0.756. The van der Waals surface area contributed by atoms with Crippen molar-refractivity contribution in [3.05, 3.63) is 21.9 Å². The van der Waals surface area contributed by atoms with Crippen molar-refractivity contribution >= 4 is 17.1 Å². The van der Waals surface area contributed by atoms with Gasteiger partial charge in [-0.15, -0.1) is 11.3 Å². The van der Waals surface area contributed by atoms with Gasteiger partial charge in [0.25, 0.3) is 0 Å². The van der Waals surface area contributed by atoms with Gasteiger partial charge in [0.2, 0.25) is 0 Å². The number of rotatable bonds is 2. The fourth-order valence-electron chi connectivity index (χ4n) is 1.95. The number of hydrogen-bond donors (Lipinski definition) is 1. The zero-order valence-corrected chi connectivity index (χ0v) is 9.36. The molecule has 1 aliphatic rings. The number of Topliss-reactive ketones (excluding diaryl/α,β-unsaturated/α-hetero) is 1. The second kappa shape index (κ2) is 3.83. The highest BCUT2D eigenvalue weighted by Crippen LogP contribution is 2.23. The van der Waals surface area contributed by atoms with E-state index in [1.54, 1.807) is 11.3 Å². The standard InChI is InChI=1S/C11H15NOS/c1-7-4-12-5-10(7)11(13)9-3-8(2)14-6-9/h3,6-7,10,12H,4-5H2,1-2H3. The van der Waals surface area contributed by atoms with Crippen molar-refractivity contribution in [3.63, 3.8) is 0 Å². The van der Waals surface area contributed by atoms with Crippen LogP contribution in [0.3, 0.4) is 0 Å². The maximum Gasteiger partial charge on any atom is 0.168 e. The molecule has 2 nitrogen and oxygen atoms in total. The zero-order valence-electron chi connectivity index (χ0n) is 8.54. The average molecular weight is 209 g/mol. The van der Waals surface area contributed by atoms with Gasteiger partial charge in [0.15, 0.2) is 5.78 Å². The molecule has 76 valence electrons. The fraction of sp³-hybridized carbons (Fsp3) is 0.545. The van der Waals surface area contributed by atoms with Gasteiger partial charge in [-0.05, 0) is 25.5 Å². The van der Waals surface area contributed by atoms with Crippen molar-refractivity contribution in [2.45, 2.75) is 13.8 Å². The molecule has 0 bridgehead atoms. The number of carbonyl (C=O) groups excluding carboxylic acids is 1. The average Bonchev–Trinajstić information content (AvgIpc) is 2.73. The van der Waals surface area contributed by atoms with Crippen LogP contribution in [0.5, 0.6) is 0 Å². The minimum absolute atomic E-state index is 0.184. The molecule has 1 aliphatic heterocycles. The van der Waals surface area contributed by atoms with Crippen LogP contribution in [0.25, 0.3) is 0 Å². The number of ketones is 1. The molecule has 1 aromatic rings. The minimum atomic E-state index is 0.184. The summed E-state index contributed by atoms with van der Waals surface area (Å²) in [5.41, 5.74) is 0.896. The van der Waals surface area contributed by atoms with Crippen molar-refractivity contribution < 1.29 is 4.79 Å². The lowest BCUT2D eigenvalue weighted by Crippen LogP contribution is -2.20. The van der Waals surface area contributed by atoms with Crippen LogP contribution in [0, 0.1) is 18.8 Å². The molecule has 2 atom stereocenters. The first-order chi connectivity index (χ1) is 6.68. The third-order valence-electron chi connectivity index (χ3n) is 2.87. The molecule has 3 heteroatoms. The molecule has 0 spiro atoms. The Morgan fingerprint density at radius 3 is 2.86 bits per heavy atom. The molecule has 0 radical (unpaired) electrons. The molecule has 1 fully saturated rings. The summed E-state index contributed by atoms with van der Waals surface area (Å²) in [5.74, 6) is 0.971. The van der Waals surface area contributed by atoms with Crippen LogP contribution < -0.4 is 5.32 Å². The van der Waals surface area contributed by atoms with E-state index in [4.69, 9.17) is 0 Å². The maximum atomic E-state index is 12.0. The van der Waals surface area contributed by atoms with Crippen LogP contribution >= 0.6 is 11.3 Å². The van der Waals surface area contributed by atoms with Gasteiger partial charge in [0, 0.05) is 28.3 Å². The van der Waals surface area contributed by atoms with Crippen LogP contribution in [0.4, 0.5) is 0 Å². The van der Waals surface area contributed by atoms with Crippen molar-refractivity contribution in [2.75, 3.05) is 13.1 Å². The molecule has 2 rings (SSSR count). The SMILES string of the molecule is Cc1cc(C(=O)C2CNCC2C)cs1. The first-order valence-corrected chi connectivity index (χ1v) is 5.86. The normalized spacial score (nSPS) is 26.7. The lowest BCUT2D eigenvalue weighted by Gasteiger charge is -2.11. The Morgan fingerprint density at radius 1 is 1.57 bits per heavy atom. The summed E-state index contributed by atoms with van der Waals surface area (Å²) < 4.78 is 0. The van der Waals surface area contributed by atoms with Gasteiger partial charge in [-0.1, -0.05) is 6.92 Å². The van der Waals surface area contributed by atoms with Crippen LogP contribution in [0.1, 0.15) is 22.2 Å². The Kier molecular flexibility index (Phi) is 2.70. The number of nitrogens with one attached hydrogen (secondary N) is 1. The first kappa shape index (κ1) is 9.87. The van der Waals surface area contributed by atoms with Gasteiger partial charge < -0.3 is 5.32 Å². The monoisotopic (exact) mass is 209 g/mol. The highest BCUT2D eigenvalue weighted by Gasteiger charge is 2.30. The molecule has 0 saturated carbocycles. The predicted octanol–water partition coefficient (Wildman–Crippen LogP) is 2.09. The van der Waals surface area contributed by atoms with Crippen molar-refractivity contribution in [1.29, 1.82) is 0 Å². The molecule has 2 unspecified atom stereocenters. The van der Waals surface area contributed by atoms with Gasteiger partial charge in [-0.3, -0.25) is 4.79 Å². The number of thiophene rings is 1. The zero-order chi connectivity index (χ0) is 10.1. The second-order valence-electron chi connectivity index (χ2n) is 4.05. The van der Waals surface area contributed by atoms with Crippen molar-refractivity contribution in [1.82, 2.24) is 5.32 Å². The second-order valence-corrected chi connectivity index (χ2v) is 5.17. The largest absolute Gasteiger partial charge is 0.316 e. The van der Waals surface area contributed by atoms with E-state index in [9.17, 15) is 4.79 Å². The van der Waals surface area contributed by atoms with E-state index in [0.717, 1.165) is 18.7 Å². The van der Waals surface area contributed by atoms with E-state index in [0.29, 0.717) is 11.7 Å². The van der Waals surface area contributed by atoms with E-state index in [1.165, 1.54) is 4.88 Å². The Labute approximate surface area is 88.3 Å². The summed E-state index contributed by atoms with van der Waals surface area (Å²) in [6.07, 6.45) is 0. The number of carbonyl (C=O) groups is 1. The van der Waals surface area contributed by atoms with E-state index in [-0.39, 0.29) is 5.92 Å². The summed E-state index contributed by atoms with van der Waals surface area (Å²) in [6.45, 7) is 5.99. The van der Waals surface area contributed by atoms with Crippen molar-refractivity contribution in [3.8, 4) is 0 Å². The number of hydrogen-bond acceptors (Lipinski definition) is 3. The molecule has 0 aliphatic carbocycles. The van der Waals surface area contributed by atoms with Gasteiger partial charge in [-0.2, -0.15) is 0 Å².